The number of hydrogen-bond donors (Lipinski definition) is 1. The van der Waals surface area contributed by atoms with Crippen molar-refractivity contribution in [3.05, 3.63) is 30.3 Å². The zero-order chi connectivity index (χ0) is 15.7. The molecule has 0 radical (unpaired) electrons. The maximum atomic E-state index is 12.3. The number of carbonyl (C=O) groups excluding carboxylic acids is 1. The Bertz CT molecular complexity index is 511. The first-order valence-corrected chi connectivity index (χ1v) is 6.75. The molecule has 0 bridgehead atoms. The molecule has 1 aromatic rings. The van der Waals surface area contributed by atoms with Crippen LogP contribution < -0.4 is 4.90 Å². The lowest BCUT2D eigenvalue weighted by Gasteiger charge is -2.24. The SMILES string of the molecule is CCCN(CC(=O)O)CC(=O)N(CC#N)c1ccccc1. The Morgan fingerprint density at radius 2 is 1.90 bits per heavy atom. The van der Waals surface area contributed by atoms with Gasteiger partial charge >= 0.3 is 5.97 Å². The number of carboxylic acid groups (broad SMARTS) is 1. The molecule has 0 saturated carbocycles. The summed E-state index contributed by atoms with van der Waals surface area (Å²) in [7, 11) is 0. The van der Waals surface area contributed by atoms with Crippen molar-refractivity contribution in [2.24, 2.45) is 0 Å². The van der Waals surface area contributed by atoms with Gasteiger partial charge in [0.25, 0.3) is 0 Å². The Morgan fingerprint density at radius 3 is 2.43 bits per heavy atom. The minimum atomic E-state index is -0.970. The van der Waals surface area contributed by atoms with Crippen molar-refractivity contribution in [3.8, 4) is 6.07 Å². The van der Waals surface area contributed by atoms with E-state index in [9.17, 15) is 9.59 Å². The van der Waals surface area contributed by atoms with E-state index in [1.807, 2.05) is 19.1 Å². The van der Waals surface area contributed by atoms with E-state index in [-0.39, 0.29) is 25.5 Å². The predicted octanol–water partition coefficient (Wildman–Crippen LogP) is 1.34. The number of benzene rings is 1. The fraction of sp³-hybridized carbons (Fsp3) is 0.400. The monoisotopic (exact) mass is 289 g/mol. The van der Waals surface area contributed by atoms with Crippen LogP contribution in [0.4, 0.5) is 5.69 Å². The second-order valence-corrected chi connectivity index (χ2v) is 4.58. The second kappa shape index (κ2) is 8.72. The maximum Gasteiger partial charge on any atom is 0.317 e. The number of carbonyl (C=O) groups is 2. The molecule has 1 rings (SSSR count). The fourth-order valence-corrected chi connectivity index (χ4v) is 2.00. The highest BCUT2D eigenvalue weighted by atomic mass is 16.4. The van der Waals surface area contributed by atoms with Gasteiger partial charge in [-0.2, -0.15) is 5.26 Å². The summed E-state index contributed by atoms with van der Waals surface area (Å²) in [6.07, 6.45) is 0.754. The molecule has 1 N–H and O–H groups in total. The number of carboxylic acids is 1. The number of nitrogens with zero attached hydrogens (tertiary/aromatic N) is 3. The number of rotatable bonds is 8. The number of nitriles is 1. The van der Waals surface area contributed by atoms with Gasteiger partial charge in [0.1, 0.15) is 6.54 Å². The Hall–Kier alpha value is -2.39. The molecule has 1 amide bonds. The lowest BCUT2D eigenvalue weighted by Crippen LogP contribution is -2.42. The van der Waals surface area contributed by atoms with Gasteiger partial charge in [-0.05, 0) is 25.1 Å². The highest BCUT2D eigenvalue weighted by Crippen LogP contribution is 2.13. The highest BCUT2D eigenvalue weighted by Gasteiger charge is 2.19. The zero-order valence-electron chi connectivity index (χ0n) is 12.0. The Kier molecular flexibility index (Phi) is 6.92. The van der Waals surface area contributed by atoms with Crippen molar-refractivity contribution in [2.75, 3.05) is 31.1 Å². The largest absolute Gasteiger partial charge is 0.480 e. The Morgan fingerprint density at radius 1 is 1.24 bits per heavy atom. The summed E-state index contributed by atoms with van der Waals surface area (Å²) in [4.78, 5) is 26.1. The molecule has 112 valence electrons. The lowest BCUT2D eigenvalue weighted by atomic mass is 10.2. The first kappa shape index (κ1) is 16.7. The van der Waals surface area contributed by atoms with E-state index in [1.165, 1.54) is 4.90 Å². The van der Waals surface area contributed by atoms with Crippen LogP contribution in [0.3, 0.4) is 0 Å². The maximum absolute atomic E-state index is 12.3. The molecule has 0 aliphatic heterocycles. The van der Waals surface area contributed by atoms with Crippen molar-refractivity contribution in [1.29, 1.82) is 5.26 Å². The van der Waals surface area contributed by atoms with E-state index < -0.39 is 5.97 Å². The zero-order valence-corrected chi connectivity index (χ0v) is 12.0. The van der Waals surface area contributed by atoms with Gasteiger partial charge < -0.3 is 5.11 Å². The van der Waals surface area contributed by atoms with Gasteiger partial charge in [-0.15, -0.1) is 0 Å². The summed E-state index contributed by atoms with van der Waals surface area (Å²) in [5.74, 6) is -1.25. The summed E-state index contributed by atoms with van der Waals surface area (Å²) >= 11 is 0. The van der Waals surface area contributed by atoms with E-state index in [1.54, 1.807) is 29.2 Å². The van der Waals surface area contributed by atoms with Gasteiger partial charge in [-0.25, -0.2) is 0 Å². The first-order valence-electron chi connectivity index (χ1n) is 6.75. The van der Waals surface area contributed by atoms with Crippen LogP contribution in [0.15, 0.2) is 30.3 Å². The molecule has 0 aliphatic carbocycles. The molecular formula is C15H19N3O3. The third-order valence-electron chi connectivity index (χ3n) is 2.86. The minimum absolute atomic E-state index is 0.0171. The van der Waals surface area contributed by atoms with Crippen LogP contribution in [0, 0.1) is 11.3 Å². The van der Waals surface area contributed by atoms with Crippen molar-refractivity contribution in [1.82, 2.24) is 4.90 Å². The van der Waals surface area contributed by atoms with E-state index in [0.717, 1.165) is 6.42 Å². The molecule has 6 nitrogen and oxygen atoms in total. The summed E-state index contributed by atoms with van der Waals surface area (Å²) in [6, 6.07) is 10.9. The van der Waals surface area contributed by atoms with E-state index >= 15 is 0 Å². The lowest BCUT2D eigenvalue weighted by molar-refractivity contribution is -0.138. The summed E-state index contributed by atoms with van der Waals surface area (Å²) in [6.45, 7) is 2.18. The Balaban J connectivity index is 2.81. The van der Waals surface area contributed by atoms with Crippen molar-refractivity contribution < 1.29 is 14.7 Å². The summed E-state index contributed by atoms with van der Waals surface area (Å²) in [5.41, 5.74) is 0.635. The average Bonchev–Trinajstić information content (AvgIpc) is 2.45. The summed E-state index contributed by atoms with van der Waals surface area (Å²) < 4.78 is 0. The van der Waals surface area contributed by atoms with Gasteiger partial charge in [0, 0.05) is 5.69 Å². The van der Waals surface area contributed by atoms with Crippen LogP contribution in [-0.4, -0.2) is 48.1 Å². The van der Waals surface area contributed by atoms with E-state index in [0.29, 0.717) is 12.2 Å². The van der Waals surface area contributed by atoms with Crippen LogP contribution in [-0.2, 0) is 9.59 Å². The molecule has 0 spiro atoms. The number of aliphatic carboxylic acids is 1. The molecule has 0 aromatic heterocycles. The molecule has 1 aromatic carbocycles. The molecule has 21 heavy (non-hydrogen) atoms. The Labute approximate surface area is 124 Å². The van der Waals surface area contributed by atoms with Gasteiger partial charge in [-0.1, -0.05) is 25.1 Å². The number of para-hydroxylation sites is 1. The molecule has 0 atom stereocenters. The topological polar surface area (TPSA) is 84.6 Å². The third-order valence-corrected chi connectivity index (χ3v) is 2.86. The first-order chi connectivity index (χ1) is 10.1. The predicted molar refractivity (Wildman–Crippen MR) is 78.8 cm³/mol. The van der Waals surface area contributed by atoms with E-state index in [4.69, 9.17) is 10.4 Å². The number of hydrogen-bond acceptors (Lipinski definition) is 4. The van der Waals surface area contributed by atoms with Crippen LogP contribution >= 0.6 is 0 Å². The third kappa shape index (κ3) is 5.63. The normalized spacial score (nSPS) is 10.1. The quantitative estimate of drug-likeness (QED) is 0.730. The average molecular weight is 289 g/mol. The number of anilines is 1. The number of amides is 1. The summed E-state index contributed by atoms with van der Waals surface area (Å²) in [5, 5.41) is 17.7. The molecule has 0 saturated heterocycles. The van der Waals surface area contributed by atoms with Gasteiger partial charge in [0.05, 0.1) is 19.2 Å². The van der Waals surface area contributed by atoms with Crippen LogP contribution in [0.5, 0.6) is 0 Å². The molecule has 6 heteroatoms. The van der Waals surface area contributed by atoms with Crippen molar-refractivity contribution >= 4 is 17.6 Å². The van der Waals surface area contributed by atoms with Crippen LogP contribution in [0.25, 0.3) is 0 Å². The standard InChI is InChI=1S/C15H19N3O3/c1-2-9-17(12-15(20)21)11-14(19)18(10-8-16)13-6-4-3-5-7-13/h3-7H,2,9-12H2,1H3,(H,20,21). The molecule has 0 aliphatic rings. The minimum Gasteiger partial charge on any atom is -0.480 e. The van der Waals surface area contributed by atoms with Crippen LogP contribution in [0.1, 0.15) is 13.3 Å². The highest BCUT2D eigenvalue weighted by molar-refractivity contribution is 5.95. The van der Waals surface area contributed by atoms with Gasteiger partial charge in [-0.3, -0.25) is 19.4 Å². The van der Waals surface area contributed by atoms with Crippen molar-refractivity contribution in [3.63, 3.8) is 0 Å². The second-order valence-electron chi connectivity index (χ2n) is 4.58. The van der Waals surface area contributed by atoms with Crippen LogP contribution in [0.2, 0.25) is 0 Å². The smallest absolute Gasteiger partial charge is 0.317 e. The molecule has 0 heterocycles. The van der Waals surface area contributed by atoms with Gasteiger partial charge in [0.15, 0.2) is 0 Å². The van der Waals surface area contributed by atoms with Gasteiger partial charge in [0.2, 0.25) is 5.91 Å². The molecule has 0 fully saturated rings. The fourth-order valence-electron chi connectivity index (χ4n) is 2.00. The van der Waals surface area contributed by atoms with Crippen molar-refractivity contribution in [2.45, 2.75) is 13.3 Å². The molecular weight excluding hydrogens is 270 g/mol. The molecule has 0 unspecified atom stereocenters. The van der Waals surface area contributed by atoms with E-state index in [2.05, 4.69) is 0 Å².